The molecule has 0 heterocycles. The average molecular weight is 418 g/mol. The molecular formula is C26H27NO4. The molecule has 0 atom stereocenters. The van der Waals surface area contributed by atoms with Crippen molar-refractivity contribution in [3.8, 4) is 17.2 Å². The minimum absolute atomic E-state index is 0.214. The van der Waals surface area contributed by atoms with Crippen LogP contribution >= 0.6 is 0 Å². The fourth-order valence-corrected chi connectivity index (χ4v) is 3.17. The van der Waals surface area contributed by atoms with Gasteiger partial charge in [0.05, 0.1) is 14.2 Å². The maximum absolute atomic E-state index is 12.4. The molecule has 0 unspecified atom stereocenters. The summed E-state index contributed by atoms with van der Waals surface area (Å²) in [7, 11) is 3.15. The summed E-state index contributed by atoms with van der Waals surface area (Å²) >= 11 is 0. The zero-order valence-electron chi connectivity index (χ0n) is 18.3. The van der Waals surface area contributed by atoms with Gasteiger partial charge in [-0.25, -0.2) is 0 Å². The van der Waals surface area contributed by atoms with Gasteiger partial charge in [-0.15, -0.1) is 0 Å². The van der Waals surface area contributed by atoms with Crippen LogP contribution in [0.15, 0.2) is 66.7 Å². The van der Waals surface area contributed by atoms with Crippen LogP contribution in [0.2, 0.25) is 0 Å². The number of carbonyl (C=O) groups is 1. The minimum Gasteiger partial charge on any atom is -0.493 e. The van der Waals surface area contributed by atoms with Gasteiger partial charge in [-0.2, -0.15) is 0 Å². The van der Waals surface area contributed by atoms with E-state index in [9.17, 15) is 4.79 Å². The lowest BCUT2D eigenvalue weighted by atomic mass is 10.1. The number of nitrogens with one attached hydrogen (secondary N) is 1. The smallest absolute Gasteiger partial charge is 0.248 e. The van der Waals surface area contributed by atoms with E-state index in [4.69, 9.17) is 14.2 Å². The van der Waals surface area contributed by atoms with Crippen LogP contribution in [0.4, 0.5) is 5.69 Å². The van der Waals surface area contributed by atoms with Gasteiger partial charge in [-0.3, -0.25) is 4.79 Å². The predicted molar refractivity (Wildman–Crippen MR) is 124 cm³/mol. The highest BCUT2D eigenvalue weighted by Gasteiger charge is 2.14. The molecule has 160 valence electrons. The van der Waals surface area contributed by atoms with Gasteiger partial charge in [-0.05, 0) is 54.8 Å². The molecule has 0 spiro atoms. The van der Waals surface area contributed by atoms with Crippen molar-refractivity contribution in [1.29, 1.82) is 0 Å². The normalized spacial score (nSPS) is 10.7. The van der Waals surface area contributed by atoms with E-state index in [1.54, 1.807) is 20.3 Å². The topological polar surface area (TPSA) is 56.8 Å². The second-order valence-corrected chi connectivity index (χ2v) is 7.17. The van der Waals surface area contributed by atoms with Gasteiger partial charge in [0, 0.05) is 11.8 Å². The summed E-state index contributed by atoms with van der Waals surface area (Å²) in [6.07, 6.45) is 3.20. The van der Waals surface area contributed by atoms with E-state index in [1.165, 1.54) is 6.08 Å². The van der Waals surface area contributed by atoms with E-state index in [0.29, 0.717) is 23.9 Å². The van der Waals surface area contributed by atoms with Gasteiger partial charge in [0.1, 0.15) is 6.61 Å². The van der Waals surface area contributed by atoms with E-state index < -0.39 is 0 Å². The summed E-state index contributed by atoms with van der Waals surface area (Å²) in [5, 5.41) is 2.90. The van der Waals surface area contributed by atoms with Gasteiger partial charge in [0.25, 0.3) is 0 Å². The molecule has 0 bridgehead atoms. The number of aryl methyl sites for hydroxylation is 2. The zero-order chi connectivity index (χ0) is 22.2. The molecule has 3 aromatic rings. The number of hydrogen-bond acceptors (Lipinski definition) is 4. The Labute approximate surface area is 183 Å². The Hall–Kier alpha value is -3.73. The van der Waals surface area contributed by atoms with Gasteiger partial charge in [0.15, 0.2) is 11.5 Å². The molecule has 0 saturated heterocycles. The first kappa shape index (κ1) is 22.0. The first-order valence-electron chi connectivity index (χ1n) is 9.99. The van der Waals surface area contributed by atoms with Crippen molar-refractivity contribution in [2.24, 2.45) is 0 Å². The number of hydrogen-bond donors (Lipinski definition) is 1. The van der Waals surface area contributed by atoms with Crippen molar-refractivity contribution in [3.05, 3.63) is 89.0 Å². The van der Waals surface area contributed by atoms with Crippen molar-refractivity contribution in [1.82, 2.24) is 0 Å². The average Bonchev–Trinajstić information content (AvgIpc) is 2.78. The summed E-state index contributed by atoms with van der Waals surface area (Å²) in [5.74, 6) is 1.37. The molecule has 0 aliphatic carbocycles. The summed E-state index contributed by atoms with van der Waals surface area (Å²) in [6, 6.07) is 19.4. The maximum atomic E-state index is 12.4. The zero-order valence-corrected chi connectivity index (χ0v) is 18.3. The van der Waals surface area contributed by atoms with E-state index in [0.717, 1.165) is 27.9 Å². The summed E-state index contributed by atoms with van der Waals surface area (Å²) in [4.78, 5) is 12.4. The second-order valence-electron chi connectivity index (χ2n) is 7.17. The van der Waals surface area contributed by atoms with E-state index in [1.807, 2.05) is 74.5 Å². The lowest BCUT2D eigenvalue weighted by Crippen LogP contribution is -2.09. The van der Waals surface area contributed by atoms with Crippen LogP contribution in [0, 0.1) is 13.8 Å². The van der Waals surface area contributed by atoms with Crippen LogP contribution in [0.3, 0.4) is 0 Å². The van der Waals surface area contributed by atoms with Gasteiger partial charge >= 0.3 is 0 Å². The Morgan fingerprint density at radius 1 is 0.935 bits per heavy atom. The van der Waals surface area contributed by atoms with Crippen molar-refractivity contribution in [2.45, 2.75) is 20.5 Å². The molecule has 0 saturated carbocycles. The second kappa shape index (κ2) is 10.3. The summed E-state index contributed by atoms with van der Waals surface area (Å²) in [5.41, 5.74) is 4.76. The minimum atomic E-state index is -0.214. The monoisotopic (exact) mass is 417 g/mol. The first-order chi connectivity index (χ1) is 15.0. The molecular weight excluding hydrogens is 390 g/mol. The lowest BCUT2D eigenvalue weighted by molar-refractivity contribution is -0.111. The Bertz CT molecular complexity index is 1050. The molecule has 3 rings (SSSR count). The standard InChI is InChI=1S/C26H27NO4/c1-18-10-12-22(19(2)14-18)27-25(28)13-11-21-15-23(29-3)26(24(16-21)30-4)31-17-20-8-6-5-7-9-20/h5-16H,17H2,1-4H3,(H,27,28)/b13-11+. The van der Waals surface area contributed by atoms with Gasteiger partial charge in [0.2, 0.25) is 11.7 Å². The van der Waals surface area contributed by atoms with Crippen molar-refractivity contribution in [3.63, 3.8) is 0 Å². The van der Waals surface area contributed by atoms with Gasteiger partial charge in [-0.1, -0.05) is 48.0 Å². The van der Waals surface area contributed by atoms with Gasteiger partial charge < -0.3 is 19.5 Å². The van der Waals surface area contributed by atoms with Crippen LogP contribution in [0.1, 0.15) is 22.3 Å². The molecule has 5 nitrogen and oxygen atoms in total. The number of methoxy groups -OCH3 is 2. The molecule has 0 aliphatic heterocycles. The number of carbonyl (C=O) groups excluding carboxylic acids is 1. The summed E-state index contributed by atoms with van der Waals surface area (Å²) in [6.45, 7) is 4.38. The van der Waals surface area contributed by atoms with Crippen molar-refractivity contribution >= 4 is 17.7 Å². The molecule has 0 fully saturated rings. The molecule has 1 amide bonds. The van der Waals surface area contributed by atoms with Crippen LogP contribution in [0.5, 0.6) is 17.2 Å². The Morgan fingerprint density at radius 2 is 1.61 bits per heavy atom. The Balaban J connectivity index is 1.75. The van der Waals surface area contributed by atoms with Crippen LogP contribution in [-0.4, -0.2) is 20.1 Å². The molecule has 0 radical (unpaired) electrons. The number of rotatable bonds is 8. The predicted octanol–water partition coefficient (Wildman–Crippen LogP) is 5.55. The lowest BCUT2D eigenvalue weighted by Gasteiger charge is -2.15. The number of ether oxygens (including phenoxy) is 3. The third-order valence-corrected chi connectivity index (χ3v) is 4.78. The van der Waals surface area contributed by atoms with Crippen molar-refractivity contribution < 1.29 is 19.0 Å². The quantitative estimate of drug-likeness (QED) is 0.488. The van der Waals surface area contributed by atoms with Crippen molar-refractivity contribution in [2.75, 3.05) is 19.5 Å². The van der Waals surface area contributed by atoms with E-state index in [2.05, 4.69) is 5.32 Å². The molecule has 3 aromatic carbocycles. The Morgan fingerprint density at radius 3 is 2.23 bits per heavy atom. The SMILES string of the molecule is COc1cc(/C=C/C(=O)Nc2ccc(C)cc2C)cc(OC)c1OCc1ccccc1. The fraction of sp³-hybridized carbons (Fsp3) is 0.192. The third-order valence-electron chi connectivity index (χ3n) is 4.78. The maximum Gasteiger partial charge on any atom is 0.248 e. The number of amides is 1. The van der Waals surface area contributed by atoms with E-state index >= 15 is 0 Å². The highest BCUT2D eigenvalue weighted by atomic mass is 16.5. The van der Waals surface area contributed by atoms with E-state index in [-0.39, 0.29) is 5.91 Å². The Kier molecular flexibility index (Phi) is 7.33. The third kappa shape index (κ3) is 5.89. The molecule has 1 N–H and O–H groups in total. The summed E-state index contributed by atoms with van der Waals surface area (Å²) < 4.78 is 17.0. The first-order valence-corrected chi connectivity index (χ1v) is 9.99. The van der Waals surface area contributed by atoms with Crippen LogP contribution < -0.4 is 19.5 Å². The largest absolute Gasteiger partial charge is 0.493 e. The number of anilines is 1. The molecule has 0 aliphatic rings. The number of benzene rings is 3. The van der Waals surface area contributed by atoms with Crippen LogP contribution in [-0.2, 0) is 11.4 Å². The highest BCUT2D eigenvalue weighted by Crippen LogP contribution is 2.39. The molecule has 5 heteroatoms. The fourth-order valence-electron chi connectivity index (χ4n) is 3.17. The highest BCUT2D eigenvalue weighted by molar-refractivity contribution is 6.02. The van der Waals surface area contributed by atoms with Crippen LogP contribution in [0.25, 0.3) is 6.08 Å². The molecule has 0 aromatic heterocycles. The molecule has 31 heavy (non-hydrogen) atoms.